The van der Waals surface area contributed by atoms with E-state index in [1.54, 1.807) is 12.1 Å². The zero-order valence-electron chi connectivity index (χ0n) is 13.7. The Balaban J connectivity index is 1.89. The quantitative estimate of drug-likeness (QED) is 0.857. The topological polar surface area (TPSA) is 71.3 Å². The van der Waals surface area contributed by atoms with Gasteiger partial charge in [0, 0.05) is 18.7 Å². The number of para-hydroxylation sites is 1. The molecule has 0 bridgehead atoms. The summed E-state index contributed by atoms with van der Waals surface area (Å²) in [4.78, 5) is 23.8. The van der Waals surface area contributed by atoms with Gasteiger partial charge < -0.3 is 15.1 Å². The highest BCUT2D eigenvalue weighted by molar-refractivity contribution is 5.94. The molecule has 0 saturated heterocycles. The van der Waals surface area contributed by atoms with Crippen LogP contribution in [-0.2, 0) is 4.79 Å². The van der Waals surface area contributed by atoms with E-state index in [0.29, 0.717) is 5.92 Å². The van der Waals surface area contributed by atoms with Gasteiger partial charge in [0.25, 0.3) is 5.91 Å². The summed E-state index contributed by atoms with van der Waals surface area (Å²) in [6.07, 6.45) is 1.64. The van der Waals surface area contributed by atoms with E-state index < -0.39 is 0 Å². The number of benzene rings is 1. The van der Waals surface area contributed by atoms with E-state index >= 15 is 0 Å². The van der Waals surface area contributed by atoms with Gasteiger partial charge in [-0.1, -0.05) is 32.0 Å². The van der Waals surface area contributed by atoms with Gasteiger partial charge in [0.05, 0.1) is 6.26 Å². The molecule has 2 rings (SSSR count). The first-order valence-corrected chi connectivity index (χ1v) is 7.70. The second kappa shape index (κ2) is 7.63. The van der Waals surface area contributed by atoms with E-state index in [9.17, 15) is 9.59 Å². The molecule has 0 spiro atoms. The number of carbonyl (C=O) groups excluding carboxylic acids is 2. The molecule has 0 aliphatic rings. The molecule has 23 heavy (non-hydrogen) atoms. The second-order valence-electron chi connectivity index (χ2n) is 5.73. The first kappa shape index (κ1) is 16.8. The number of rotatable bonds is 6. The summed E-state index contributed by atoms with van der Waals surface area (Å²) < 4.78 is 4.99. The van der Waals surface area contributed by atoms with Crippen molar-refractivity contribution in [2.24, 2.45) is 0 Å². The molecule has 5 nitrogen and oxygen atoms in total. The highest BCUT2D eigenvalue weighted by Crippen LogP contribution is 2.27. The van der Waals surface area contributed by atoms with Gasteiger partial charge in [0.1, 0.15) is 0 Å². The Kier molecular flexibility index (Phi) is 5.57. The molecule has 0 aliphatic heterocycles. The van der Waals surface area contributed by atoms with Gasteiger partial charge >= 0.3 is 0 Å². The van der Waals surface area contributed by atoms with Crippen LogP contribution in [0.25, 0.3) is 0 Å². The fourth-order valence-electron chi connectivity index (χ4n) is 2.33. The molecule has 1 aromatic carbocycles. The Morgan fingerprint density at radius 1 is 1.17 bits per heavy atom. The van der Waals surface area contributed by atoms with Crippen LogP contribution in [0.1, 0.15) is 47.9 Å². The lowest BCUT2D eigenvalue weighted by molar-refractivity contribution is -0.116. The van der Waals surface area contributed by atoms with Crippen LogP contribution in [0.15, 0.2) is 41.0 Å². The van der Waals surface area contributed by atoms with Gasteiger partial charge in [-0.15, -0.1) is 0 Å². The number of nitrogens with one attached hydrogen (secondary N) is 2. The minimum absolute atomic E-state index is 0.124. The molecule has 1 aromatic heterocycles. The summed E-state index contributed by atoms with van der Waals surface area (Å²) in [5.41, 5.74) is 3.01. The highest BCUT2D eigenvalue weighted by atomic mass is 16.3. The molecule has 0 aliphatic carbocycles. The summed E-state index contributed by atoms with van der Waals surface area (Å²) in [6, 6.07) is 9.21. The monoisotopic (exact) mass is 314 g/mol. The normalized spacial score (nSPS) is 10.6. The molecule has 2 N–H and O–H groups in total. The Hall–Kier alpha value is -2.56. The molecule has 2 aromatic rings. The molecule has 122 valence electrons. The van der Waals surface area contributed by atoms with Crippen LogP contribution in [-0.4, -0.2) is 18.4 Å². The zero-order chi connectivity index (χ0) is 16.8. The van der Waals surface area contributed by atoms with Crippen LogP contribution >= 0.6 is 0 Å². The third-order valence-electron chi connectivity index (χ3n) is 3.57. The summed E-state index contributed by atoms with van der Waals surface area (Å²) >= 11 is 0. The molecular formula is C18H22N2O3. The maximum Gasteiger partial charge on any atom is 0.286 e. The summed E-state index contributed by atoms with van der Waals surface area (Å²) in [6.45, 7) is 6.41. The number of furan rings is 1. The fraction of sp³-hybridized carbons (Fsp3) is 0.333. The van der Waals surface area contributed by atoms with Gasteiger partial charge in [-0.2, -0.15) is 0 Å². The minimum atomic E-state index is -0.318. The molecule has 0 saturated carbocycles. The van der Waals surface area contributed by atoms with Crippen molar-refractivity contribution in [3.8, 4) is 0 Å². The van der Waals surface area contributed by atoms with Gasteiger partial charge in [0.15, 0.2) is 5.76 Å². The van der Waals surface area contributed by atoms with Crippen molar-refractivity contribution in [3.63, 3.8) is 0 Å². The smallest absolute Gasteiger partial charge is 0.286 e. The maximum atomic E-state index is 12.1. The number of hydrogen-bond donors (Lipinski definition) is 2. The van der Waals surface area contributed by atoms with Gasteiger partial charge in [0.2, 0.25) is 5.91 Å². The molecule has 5 heteroatoms. The van der Waals surface area contributed by atoms with Crippen molar-refractivity contribution in [1.29, 1.82) is 0 Å². The van der Waals surface area contributed by atoms with Gasteiger partial charge in [-0.25, -0.2) is 0 Å². The van der Waals surface area contributed by atoms with Crippen LogP contribution in [0.5, 0.6) is 0 Å². The Morgan fingerprint density at radius 3 is 2.61 bits per heavy atom. The molecular weight excluding hydrogens is 292 g/mol. The van der Waals surface area contributed by atoms with Crippen molar-refractivity contribution in [2.75, 3.05) is 11.9 Å². The second-order valence-corrected chi connectivity index (χ2v) is 5.73. The van der Waals surface area contributed by atoms with Crippen molar-refractivity contribution in [1.82, 2.24) is 5.32 Å². The standard InChI is InChI=1S/C18H22N2O3/c1-12(2)14-7-4-6-13(3)17(14)20-16(21)9-10-19-18(22)15-8-5-11-23-15/h4-8,11-12H,9-10H2,1-3H3,(H,19,22)(H,20,21). The molecule has 0 atom stereocenters. The molecule has 2 amide bonds. The van der Waals surface area contributed by atoms with E-state index in [0.717, 1.165) is 16.8 Å². The molecule has 0 radical (unpaired) electrons. The minimum Gasteiger partial charge on any atom is -0.459 e. The Bertz CT molecular complexity index is 676. The van der Waals surface area contributed by atoms with Crippen LogP contribution in [0.2, 0.25) is 0 Å². The summed E-state index contributed by atoms with van der Waals surface area (Å²) in [5.74, 6) is 0.123. The largest absolute Gasteiger partial charge is 0.459 e. The van der Waals surface area contributed by atoms with E-state index in [1.165, 1.54) is 6.26 Å². The van der Waals surface area contributed by atoms with E-state index in [1.807, 2.05) is 25.1 Å². The van der Waals surface area contributed by atoms with E-state index in [2.05, 4.69) is 24.5 Å². The lowest BCUT2D eigenvalue weighted by Gasteiger charge is -2.16. The van der Waals surface area contributed by atoms with Crippen molar-refractivity contribution >= 4 is 17.5 Å². The maximum absolute atomic E-state index is 12.1. The number of anilines is 1. The molecule has 1 heterocycles. The summed E-state index contributed by atoms with van der Waals surface area (Å²) in [7, 11) is 0. The third kappa shape index (κ3) is 4.45. The average molecular weight is 314 g/mol. The third-order valence-corrected chi connectivity index (χ3v) is 3.57. The van der Waals surface area contributed by atoms with Crippen molar-refractivity contribution < 1.29 is 14.0 Å². The van der Waals surface area contributed by atoms with E-state index in [4.69, 9.17) is 4.42 Å². The SMILES string of the molecule is Cc1cccc(C(C)C)c1NC(=O)CCNC(=O)c1ccco1. The first-order valence-electron chi connectivity index (χ1n) is 7.70. The van der Waals surface area contributed by atoms with Crippen LogP contribution in [0.3, 0.4) is 0 Å². The van der Waals surface area contributed by atoms with Crippen LogP contribution in [0.4, 0.5) is 5.69 Å². The predicted octanol–water partition coefficient (Wildman–Crippen LogP) is 3.47. The van der Waals surface area contributed by atoms with Gasteiger partial charge in [-0.3, -0.25) is 9.59 Å². The van der Waals surface area contributed by atoms with Crippen molar-refractivity contribution in [3.05, 3.63) is 53.5 Å². The molecule has 0 fully saturated rings. The Labute approximate surface area is 136 Å². The van der Waals surface area contributed by atoms with E-state index in [-0.39, 0.29) is 30.5 Å². The van der Waals surface area contributed by atoms with Crippen molar-refractivity contribution in [2.45, 2.75) is 33.1 Å². The zero-order valence-corrected chi connectivity index (χ0v) is 13.7. The highest BCUT2D eigenvalue weighted by Gasteiger charge is 2.13. The summed E-state index contributed by atoms with van der Waals surface area (Å²) in [5, 5.41) is 5.62. The number of aryl methyl sites for hydroxylation is 1. The predicted molar refractivity (Wildman–Crippen MR) is 89.6 cm³/mol. The number of hydrogen-bond acceptors (Lipinski definition) is 3. The first-order chi connectivity index (χ1) is 11.0. The van der Waals surface area contributed by atoms with Crippen LogP contribution in [0, 0.1) is 6.92 Å². The van der Waals surface area contributed by atoms with Crippen LogP contribution < -0.4 is 10.6 Å². The average Bonchev–Trinajstić information content (AvgIpc) is 3.03. The fourth-order valence-corrected chi connectivity index (χ4v) is 2.33. The Morgan fingerprint density at radius 2 is 1.96 bits per heavy atom. The number of carbonyl (C=O) groups is 2. The molecule has 0 unspecified atom stereocenters. The lowest BCUT2D eigenvalue weighted by atomic mass is 9.98. The number of amides is 2. The lowest BCUT2D eigenvalue weighted by Crippen LogP contribution is -2.27. The van der Waals surface area contributed by atoms with Gasteiger partial charge in [-0.05, 0) is 36.1 Å².